The lowest BCUT2D eigenvalue weighted by atomic mass is 9.58. The number of fused-ring (bicyclic) bond motifs is 15. The quantitative estimate of drug-likeness (QED) is 0.179. The molecule has 0 radical (unpaired) electrons. The molecule has 0 amide bonds. The minimum Gasteiger partial charge on any atom is -0.456 e. The van der Waals surface area contributed by atoms with Gasteiger partial charge in [-0.05, 0) is 105 Å². The van der Waals surface area contributed by atoms with Crippen LogP contribution in [0.25, 0.3) is 101 Å². The number of nitrogens with zero attached hydrogens (tertiary/aromatic N) is 1. The van der Waals surface area contributed by atoms with E-state index >= 15 is 0 Å². The Hall–Kier alpha value is -6.34. The Bertz CT molecular complexity index is 4040. The van der Waals surface area contributed by atoms with Crippen molar-refractivity contribution in [2.75, 3.05) is 5.32 Å². The first-order valence-electron chi connectivity index (χ1n) is 23.4. The van der Waals surface area contributed by atoms with Gasteiger partial charge in [0.25, 0.3) is 0 Å². The second-order valence-electron chi connectivity index (χ2n) is 21.9. The van der Waals surface area contributed by atoms with E-state index in [1.54, 1.807) is 0 Å². The summed E-state index contributed by atoms with van der Waals surface area (Å²) in [6, 6.07) is 50.8. The summed E-state index contributed by atoms with van der Waals surface area (Å²) in [6.45, 7) is 20.8. The molecule has 1 aliphatic rings. The second kappa shape index (κ2) is 13.6. The monoisotopic (exact) mass is 890 g/mol. The first-order valence-corrected chi connectivity index (χ1v) is 25.0. The number of hydrogen-bond donors (Lipinski definition) is 1. The van der Waals surface area contributed by atoms with Crippen LogP contribution in [0, 0.1) is 0 Å². The maximum Gasteiger partial charge on any atom is 0.198 e. The average Bonchev–Trinajstić information content (AvgIpc) is 4.04. The minimum atomic E-state index is -0.0135. The normalized spacial score (nSPS) is 13.3. The molecule has 1 N–H and O–H groups in total. The number of rotatable bonds is 3. The van der Waals surface area contributed by atoms with Gasteiger partial charge in [-0.1, -0.05) is 135 Å². The lowest BCUT2D eigenvalue weighted by Gasteiger charge is -2.25. The summed E-state index contributed by atoms with van der Waals surface area (Å²) in [5, 5.41) is 14.3. The SMILES string of the molecule is CC(C)(C)c1ccc(Nc2cc3sc4ccc(C(C)(C)C)cc4c3cc2-c2c3c4c(c5cc(C(C)(C)C)ccc5n4-c4cc5oc6ccccc6c5cc4B3)c3sc4ccccc4c23)cc1. The van der Waals surface area contributed by atoms with E-state index in [0.717, 1.165) is 35.2 Å². The van der Waals surface area contributed by atoms with Crippen LogP contribution in [0.5, 0.6) is 0 Å². The molecule has 0 bridgehead atoms. The Kier molecular flexibility index (Phi) is 8.25. The summed E-state index contributed by atoms with van der Waals surface area (Å²) in [5.74, 6) is 0. The molecule has 5 heterocycles. The number of anilines is 2. The molecule has 0 unspecified atom stereocenters. The van der Waals surface area contributed by atoms with Crippen molar-refractivity contribution in [3.63, 3.8) is 0 Å². The molecule has 0 atom stereocenters. The van der Waals surface area contributed by atoms with Crippen molar-refractivity contribution >= 4 is 136 Å². The summed E-state index contributed by atoms with van der Waals surface area (Å²) >= 11 is 3.85. The molecule has 13 rings (SSSR count). The van der Waals surface area contributed by atoms with Crippen LogP contribution in [0.4, 0.5) is 11.4 Å². The zero-order valence-electron chi connectivity index (χ0n) is 39.1. The van der Waals surface area contributed by atoms with E-state index in [1.165, 1.54) is 112 Å². The zero-order chi connectivity index (χ0) is 45.2. The van der Waals surface area contributed by atoms with Crippen LogP contribution in [0.3, 0.4) is 0 Å². The van der Waals surface area contributed by atoms with Crippen LogP contribution in [0.1, 0.15) is 79.0 Å². The highest BCUT2D eigenvalue weighted by atomic mass is 32.1. The molecule has 322 valence electrons. The molecular weight excluding hydrogens is 840 g/mol. The number of benzene rings is 8. The summed E-state index contributed by atoms with van der Waals surface area (Å²) in [7, 11) is 0.787. The van der Waals surface area contributed by atoms with Gasteiger partial charge in [0.05, 0.1) is 11.0 Å². The minimum absolute atomic E-state index is 0.0135. The third-order valence-electron chi connectivity index (χ3n) is 14.5. The van der Waals surface area contributed by atoms with Gasteiger partial charge in [0.15, 0.2) is 7.28 Å². The molecule has 0 aliphatic carbocycles. The predicted molar refractivity (Wildman–Crippen MR) is 292 cm³/mol. The number of para-hydroxylation sites is 1. The summed E-state index contributed by atoms with van der Waals surface area (Å²) < 4.78 is 14.5. The summed E-state index contributed by atoms with van der Waals surface area (Å²) in [6.07, 6.45) is 0. The van der Waals surface area contributed by atoms with Gasteiger partial charge in [0.2, 0.25) is 0 Å². The molecule has 0 spiro atoms. The van der Waals surface area contributed by atoms with E-state index in [0.29, 0.717) is 0 Å². The maximum atomic E-state index is 6.64. The van der Waals surface area contributed by atoms with Gasteiger partial charge in [-0.3, -0.25) is 0 Å². The van der Waals surface area contributed by atoms with Crippen molar-refractivity contribution in [2.45, 2.75) is 78.6 Å². The van der Waals surface area contributed by atoms with E-state index in [1.807, 2.05) is 22.7 Å². The third-order valence-corrected chi connectivity index (χ3v) is 16.8. The van der Waals surface area contributed by atoms with Gasteiger partial charge in [-0.2, -0.15) is 0 Å². The van der Waals surface area contributed by atoms with E-state index in [4.69, 9.17) is 4.42 Å². The highest BCUT2D eigenvalue weighted by molar-refractivity contribution is 7.27. The lowest BCUT2D eigenvalue weighted by molar-refractivity contribution is 0.590. The molecule has 3 nitrogen and oxygen atoms in total. The molecule has 8 aromatic carbocycles. The molecule has 0 fully saturated rings. The number of aromatic nitrogens is 1. The van der Waals surface area contributed by atoms with Crippen molar-refractivity contribution in [1.82, 2.24) is 4.57 Å². The molecule has 6 heteroatoms. The van der Waals surface area contributed by atoms with Crippen LogP contribution >= 0.6 is 22.7 Å². The van der Waals surface area contributed by atoms with Crippen LogP contribution in [-0.4, -0.2) is 11.8 Å². The Balaban J connectivity index is 1.20. The number of furan rings is 1. The molecule has 4 aromatic heterocycles. The van der Waals surface area contributed by atoms with Crippen molar-refractivity contribution < 1.29 is 4.42 Å². The highest BCUT2D eigenvalue weighted by Gasteiger charge is 2.33. The van der Waals surface area contributed by atoms with Crippen LogP contribution in [-0.2, 0) is 16.2 Å². The Morgan fingerprint density at radius 2 is 1.17 bits per heavy atom. The fourth-order valence-corrected chi connectivity index (χ4v) is 13.3. The predicted octanol–water partition coefficient (Wildman–Crippen LogP) is 16.4. The van der Waals surface area contributed by atoms with Gasteiger partial charge in [0.1, 0.15) is 11.2 Å². The fourth-order valence-electron chi connectivity index (χ4n) is 10.9. The number of thiophene rings is 2. The first kappa shape index (κ1) is 40.0. The van der Waals surface area contributed by atoms with Crippen LogP contribution < -0.4 is 16.2 Å². The fraction of sp³-hybridized carbons (Fsp3) is 0.200. The average molecular weight is 891 g/mol. The van der Waals surface area contributed by atoms with E-state index in [-0.39, 0.29) is 16.2 Å². The summed E-state index contributed by atoms with van der Waals surface area (Å²) in [5.41, 5.74) is 17.1. The Morgan fingerprint density at radius 3 is 1.92 bits per heavy atom. The Morgan fingerprint density at radius 1 is 0.515 bits per heavy atom. The van der Waals surface area contributed by atoms with Gasteiger partial charge in [-0.15, -0.1) is 22.7 Å². The summed E-state index contributed by atoms with van der Waals surface area (Å²) in [4.78, 5) is 0. The van der Waals surface area contributed by atoms with Crippen LogP contribution in [0.15, 0.2) is 138 Å². The molecular formula is C60H51BN2OS2. The van der Waals surface area contributed by atoms with E-state index < -0.39 is 0 Å². The van der Waals surface area contributed by atoms with Crippen molar-refractivity contribution in [2.24, 2.45) is 0 Å². The van der Waals surface area contributed by atoms with E-state index in [2.05, 4.69) is 206 Å². The maximum absolute atomic E-state index is 6.64. The van der Waals surface area contributed by atoms with Crippen molar-refractivity contribution in [3.05, 3.63) is 150 Å². The van der Waals surface area contributed by atoms with Gasteiger partial charge in [0, 0.05) is 90.6 Å². The van der Waals surface area contributed by atoms with Crippen LogP contribution in [0.2, 0.25) is 0 Å². The Labute approximate surface area is 393 Å². The molecule has 0 saturated heterocycles. The van der Waals surface area contributed by atoms with Gasteiger partial charge < -0.3 is 14.3 Å². The van der Waals surface area contributed by atoms with Crippen molar-refractivity contribution in [3.8, 4) is 16.8 Å². The van der Waals surface area contributed by atoms with Gasteiger partial charge in [-0.25, -0.2) is 0 Å². The highest BCUT2D eigenvalue weighted by Crippen LogP contribution is 2.51. The third kappa shape index (κ3) is 5.87. The smallest absolute Gasteiger partial charge is 0.198 e. The largest absolute Gasteiger partial charge is 0.456 e. The molecule has 12 aromatic rings. The second-order valence-corrected chi connectivity index (χ2v) is 24.0. The lowest BCUT2D eigenvalue weighted by Crippen LogP contribution is -2.37. The molecule has 1 aliphatic heterocycles. The molecule has 0 saturated carbocycles. The van der Waals surface area contributed by atoms with Gasteiger partial charge >= 0.3 is 0 Å². The topological polar surface area (TPSA) is 30.1 Å². The number of hydrogen-bond acceptors (Lipinski definition) is 4. The molecule has 66 heavy (non-hydrogen) atoms. The zero-order valence-corrected chi connectivity index (χ0v) is 40.7. The number of nitrogens with one attached hydrogen (secondary N) is 1. The van der Waals surface area contributed by atoms with Crippen molar-refractivity contribution in [1.29, 1.82) is 0 Å². The van der Waals surface area contributed by atoms with E-state index in [9.17, 15) is 0 Å². The first-order chi connectivity index (χ1) is 31.6. The standard InChI is InChI=1S/C60H51BN2OS2/c1-58(2,3)32-18-22-35(23-19-32)62-44-30-51-40(39-26-34(60(7,8)9)21-25-50(39)65-51)28-41(44)52-53-37-15-11-13-17-49(37)66-57(53)54-42-27-33(59(4,5)6)20-24-45(42)63-46-31-48-38(29-43(46)61-55(52)56(54)63)36-14-10-12-16-47(36)64-48/h10-31,61-62H,1-9H3.